The van der Waals surface area contributed by atoms with Crippen LogP contribution in [0.1, 0.15) is 22.3 Å². The largest absolute Gasteiger partial charge is 0.497 e. The molecule has 3 aromatic carbocycles. The summed E-state index contributed by atoms with van der Waals surface area (Å²) in [6, 6.07) is 16.5. The predicted molar refractivity (Wildman–Crippen MR) is 112 cm³/mol. The molecule has 0 saturated heterocycles. The highest BCUT2D eigenvalue weighted by Crippen LogP contribution is 2.44. The van der Waals surface area contributed by atoms with Crippen LogP contribution >= 0.6 is 0 Å². The monoisotopic (exact) mass is 373 g/mol. The van der Waals surface area contributed by atoms with E-state index in [1.807, 2.05) is 19.9 Å². The van der Waals surface area contributed by atoms with E-state index in [1.165, 1.54) is 11.1 Å². The van der Waals surface area contributed by atoms with Crippen molar-refractivity contribution >= 4 is 11.7 Å². The number of benzene rings is 3. The Kier molecular flexibility index (Phi) is 4.55. The summed E-state index contributed by atoms with van der Waals surface area (Å²) in [5.41, 5.74) is 9.50. The first-order valence-electron chi connectivity index (χ1n) is 9.34. The summed E-state index contributed by atoms with van der Waals surface area (Å²) in [5, 5.41) is 13.0. The summed E-state index contributed by atoms with van der Waals surface area (Å²) in [6.45, 7) is 4.75. The second-order valence-corrected chi connectivity index (χ2v) is 7.26. The van der Waals surface area contributed by atoms with E-state index in [1.54, 1.807) is 7.11 Å². The lowest BCUT2D eigenvalue weighted by atomic mass is 9.85. The lowest BCUT2D eigenvalue weighted by Gasteiger charge is -2.27. The molecular weight excluding hydrogens is 350 g/mol. The third kappa shape index (κ3) is 3.11. The van der Waals surface area contributed by atoms with Gasteiger partial charge in [-0.15, -0.1) is 0 Å². The van der Waals surface area contributed by atoms with Gasteiger partial charge in [-0.2, -0.15) is 0 Å². The molecular formula is C24H23NO3. The molecule has 1 aliphatic heterocycles. The highest BCUT2D eigenvalue weighted by molar-refractivity contribution is 5.92. The Morgan fingerprint density at radius 1 is 1.04 bits per heavy atom. The van der Waals surface area contributed by atoms with Gasteiger partial charge in [-0.1, -0.05) is 35.9 Å². The maximum Gasteiger partial charge on any atom is 0.307 e. The third-order valence-corrected chi connectivity index (χ3v) is 5.46. The van der Waals surface area contributed by atoms with Crippen LogP contribution in [0.3, 0.4) is 0 Å². The molecule has 4 nitrogen and oxygen atoms in total. The van der Waals surface area contributed by atoms with Gasteiger partial charge in [0.2, 0.25) is 0 Å². The SMILES string of the molecule is COc1ccc2c(c1)CNc1c-2cc(-c2ccc(C)cc2)c(CC(=O)O)c1C. The zero-order valence-corrected chi connectivity index (χ0v) is 16.3. The van der Waals surface area contributed by atoms with Gasteiger partial charge in [0, 0.05) is 17.8 Å². The molecule has 0 fully saturated rings. The molecule has 28 heavy (non-hydrogen) atoms. The number of carbonyl (C=O) groups is 1. The van der Waals surface area contributed by atoms with Crippen molar-refractivity contribution < 1.29 is 14.6 Å². The summed E-state index contributed by atoms with van der Waals surface area (Å²) >= 11 is 0. The standard InChI is InChI=1S/C24H23NO3/c1-14-4-6-16(7-5-14)21-11-22-19-9-8-18(28-3)10-17(19)13-25-24(22)15(2)20(21)12-23(26)27/h4-11,25H,12-13H2,1-3H3,(H,26,27). The lowest BCUT2D eigenvalue weighted by molar-refractivity contribution is -0.136. The zero-order valence-electron chi connectivity index (χ0n) is 16.3. The van der Waals surface area contributed by atoms with E-state index >= 15 is 0 Å². The van der Waals surface area contributed by atoms with E-state index in [2.05, 4.69) is 47.8 Å². The molecule has 4 rings (SSSR count). The van der Waals surface area contributed by atoms with Crippen LogP contribution in [0.15, 0.2) is 48.5 Å². The highest BCUT2D eigenvalue weighted by atomic mass is 16.5. The molecule has 0 aromatic heterocycles. The number of rotatable bonds is 4. The fourth-order valence-corrected chi connectivity index (χ4v) is 3.96. The number of ether oxygens (including phenoxy) is 1. The Morgan fingerprint density at radius 3 is 2.46 bits per heavy atom. The number of carboxylic acids is 1. The van der Waals surface area contributed by atoms with Gasteiger partial charge < -0.3 is 15.2 Å². The summed E-state index contributed by atoms with van der Waals surface area (Å²) in [5.74, 6) is 0.0133. The van der Waals surface area contributed by atoms with E-state index in [4.69, 9.17) is 4.74 Å². The van der Waals surface area contributed by atoms with Gasteiger partial charge in [0.05, 0.1) is 13.5 Å². The molecule has 0 bridgehead atoms. The van der Waals surface area contributed by atoms with Crippen molar-refractivity contribution in [2.45, 2.75) is 26.8 Å². The topological polar surface area (TPSA) is 58.6 Å². The van der Waals surface area contributed by atoms with Crippen LogP contribution < -0.4 is 10.1 Å². The van der Waals surface area contributed by atoms with Gasteiger partial charge >= 0.3 is 5.97 Å². The van der Waals surface area contributed by atoms with Gasteiger partial charge in [-0.3, -0.25) is 4.79 Å². The van der Waals surface area contributed by atoms with Crippen LogP contribution in [0.25, 0.3) is 22.3 Å². The minimum Gasteiger partial charge on any atom is -0.497 e. The molecule has 142 valence electrons. The Bertz CT molecular complexity index is 1070. The first kappa shape index (κ1) is 18.1. The van der Waals surface area contributed by atoms with E-state index in [9.17, 15) is 9.90 Å². The van der Waals surface area contributed by atoms with Crippen molar-refractivity contribution in [3.63, 3.8) is 0 Å². The van der Waals surface area contributed by atoms with Gasteiger partial charge in [0.25, 0.3) is 0 Å². The summed E-state index contributed by atoms with van der Waals surface area (Å²) in [6.07, 6.45) is -0.000523. The number of fused-ring (bicyclic) bond motifs is 3. The molecule has 2 N–H and O–H groups in total. The molecule has 0 saturated carbocycles. The molecule has 4 heteroatoms. The van der Waals surface area contributed by atoms with Crippen molar-refractivity contribution in [3.8, 4) is 28.0 Å². The Hall–Kier alpha value is -3.27. The van der Waals surface area contributed by atoms with Crippen LogP contribution in [0.2, 0.25) is 0 Å². The first-order valence-corrected chi connectivity index (χ1v) is 9.34. The molecule has 0 spiro atoms. The number of hydrogen-bond donors (Lipinski definition) is 2. The summed E-state index contributed by atoms with van der Waals surface area (Å²) in [4.78, 5) is 11.6. The normalized spacial score (nSPS) is 12.0. The molecule has 1 heterocycles. The van der Waals surface area contributed by atoms with Crippen molar-refractivity contribution in [2.75, 3.05) is 12.4 Å². The van der Waals surface area contributed by atoms with Gasteiger partial charge in [0.15, 0.2) is 0 Å². The van der Waals surface area contributed by atoms with Crippen LogP contribution in [0.4, 0.5) is 5.69 Å². The maximum absolute atomic E-state index is 11.6. The Labute approximate surface area is 164 Å². The predicted octanol–water partition coefficient (Wildman–Crippen LogP) is 5.20. The number of nitrogens with one attached hydrogen (secondary N) is 1. The number of anilines is 1. The third-order valence-electron chi connectivity index (χ3n) is 5.46. The molecule has 0 amide bonds. The van der Waals surface area contributed by atoms with E-state index < -0.39 is 5.97 Å². The summed E-state index contributed by atoms with van der Waals surface area (Å²) in [7, 11) is 1.67. The van der Waals surface area contributed by atoms with Crippen molar-refractivity contribution in [1.29, 1.82) is 0 Å². The Morgan fingerprint density at radius 2 is 1.79 bits per heavy atom. The highest BCUT2D eigenvalue weighted by Gasteiger charge is 2.23. The molecule has 1 aliphatic rings. The lowest BCUT2D eigenvalue weighted by Crippen LogP contribution is -2.13. The van der Waals surface area contributed by atoms with Crippen LogP contribution in [0, 0.1) is 13.8 Å². The fourth-order valence-electron chi connectivity index (χ4n) is 3.96. The smallest absolute Gasteiger partial charge is 0.307 e. The number of aryl methyl sites for hydroxylation is 1. The maximum atomic E-state index is 11.6. The van der Waals surface area contributed by atoms with E-state index in [0.29, 0.717) is 6.54 Å². The molecule has 0 unspecified atom stereocenters. The minimum absolute atomic E-state index is 0.000523. The fraction of sp³-hybridized carbons (Fsp3) is 0.208. The quantitative estimate of drug-likeness (QED) is 0.660. The van der Waals surface area contributed by atoms with E-state index in [0.717, 1.165) is 44.8 Å². The average Bonchev–Trinajstić information content (AvgIpc) is 2.69. The molecule has 0 atom stereocenters. The minimum atomic E-state index is -0.822. The second kappa shape index (κ2) is 7.04. The van der Waals surface area contributed by atoms with Gasteiger partial charge in [-0.05, 0) is 65.4 Å². The molecule has 0 radical (unpaired) electrons. The molecule has 3 aromatic rings. The number of aliphatic carboxylic acids is 1. The van der Waals surface area contributed by atoms with Gasteiger partial charge in [0.1, 0.15) is 5.75 Å². The van der Waals surface area contributed by atoms with E-state index in [-0.39, 0.29) is 6.42 Å². The molecule has 0 aliphatic carbocycles. The average molecular weight is 373 g/mol. The van der Waals surface area contributed by atoms with Crippen molar-refractivity contribution in [3.05, 3.63) is 70.8 Å². The number of hydrogen-bond acceptors (Lipinski definition) is 3. The first-order chi connectivity index (χ1) is 13.5. The van der Waals surface area contributed by atoms with Gasteiger partial charge in [-0.25, -0.2) is 0 Å². The number of methoxy groups -OCH3 is 1. The number of carboxylic acid groups (broad SMARTS) is 1. The second-order valence-electron chi connectivity index (χ2n) is 7.26. The van der Waals surface area contributed by atoms with Crippen LogP contribution in [0.5, 0.6) is 5.75 Å². The van der Waals surface area contributed by atoms with Crippen molar-refractivity contribution in [2.24, 2.45) is 0 Å². The van der Waals surface area contributed by atoms with Crippen LogP contribution in [-0.4, -0.2) is 18.2 Å². The Balaban J connectivity index is 1.96. The zero-order chi connectivity index (χ0) is 19.8. The summed E-state index contributed by atoms with van der Waals surface area (Å²) < 4.78 is 5.37. The van der Waals surface area contributed by atoms with Crippen molar-refractivity contribution in [1.82, 2.24) is 0 Å². The van der Waals surface area contributed by atoms with Crippen LogP contribution in [-0.2, 0) is 17.8 Å².